The summed E-state index contributed by atoms with van der Waals surface area (Å²) in [4.78, 5) is 50.7. The lowest BCUT2D eigenvalue weighted by Gasteiger charge is -2.07. The van der Waals surface area contributed by atoms with Gasteiger partial charge in [0.05, 0.1) is 40.7 Å². The van der Waals surface area contributed by atoms with Crippen molar-refractivity contribution in [3.63, 3.8) is 0 Å². The standard InChI is InChI=1S/C21H20N6O.C16H18N6O.C15H16N6O.CH4/c1-16-19(20(28)27(25(16)2)18-11-7-4-8-12-18)23-24-21-22-13-14-26(21)15-17-9-5-3-6-10-17;1-4-21-11-10-17-16(21)19-18-14-12(2)20(3)22(15(14)23)13-8-6-5-7-9-13;1-11-13(17-18-15-16-9-10-19(15)2)14(22)21(20(11)3)12-7-5-4-6-8-12;/h3-14H,15H2,1-2H3;5-11H,4H2,1-3H3;4-10H,1-3H3;1H4. The molecule has 4 aromatic carbocycles. The van der Waals surface area contributed by atoms with Gasteiger partial charge in [0.25, 0.3) is 16.7 Å². The zero-order valence-corrected chi connectivity index (χ0v) is 41.7. The summed E-state index contributed by atoms with van der Waals surface area (Å²) >= 11 is 0. The summed E-state index contributed by atoms with van der Waals surface area (Å²) in [6.07, 6.45) is 10.4. The normalized spacial score (nSPS) is 11.2. The summed E-state index contributed by atoms with van der Waals surface area (Å²) in [6.45, 7) is 8.92. The van der Waals surface area contributed by atoms with Crippen LogP contribution in [0.4, 0.5) is 34.9 Å². The van der Waals surface area contributed by atoms with Gasteiger partial charge < -0.3 is 13.7 Å². The summed E-state index contributed by atoms with van der Waals surface area (Å²) in [7, 11) is 7.31. The first-order valence-corrected chi connectivity index (χ1v) is 23.2. The van der Waals surface area contributed by atoms with Crippen molar-refractivity contribution in [2.45, 2.75) is 48.2 Å². The van der Waals surface area contributed by atoms with E-state index >= 15 is 0 Å². The first-order valence-electron chi connectivity index (χ1n) is 23.2. The molecular weight excluding hydrogens is 937 g/mol. The Kier molecular flexibility index (Phi) is 16.6. The van der Waals surface area contributed by atoms with Crippen LogP contribution in [0.25, 0.3) is 17.1 Å². The Bertz CT molecular complexity index is 3730. The largest absolute Gasteiger partial charge is 0.317 e. The van der Waals surface area contributed by atoms with Crippen LogP contribution in [-0.4, -0.2) is 56.7 Å². The number of nitrogens with zero attached hydrogens (tertiary/aromatic N) is 18. The number of para-hydroxylation sites is 3. The second-order valence-electron chi connectivity index (χ2n) is 16.5. The molecule has 21 heteroatoms. The zero-order valence-electron chi connectivity index (χ0n) is 41.7. The van der Waals surface area contributed by atoms with Gasteiger partial charge >= 0.3 is 0 Å². The summed E-state index contributed by atoms with van der Waals surface area (Å²) < 4.78 is 15.5. The van der Waals surface area contributed by atoms with E-state index < -0.39 is 0 Å². The van der Waals surface area contributed by atoms with E-state index in [1.54, 1.807) is 57.4 Å². The maximum atomic E-state index is 12.9. The Morgan fingerprint density at radius 3 is 1.11 bits per heavy atom. The molecular formula is C53H58N18O3. The van der Waals surface area contributed by atoms with Crippen molar-refractivity contribution in [1.82, 2.24) is 56.7 Å². The highest BCUT2D eigenvalue weighted by Crippen LogP contribution is 2.23. The molecule has 21 nitrogen and oxygen atoms in total. The van der Waals surface area contributed by atoms with E-state index in [2.05, 4.69) is 45.6 Å². The quantitative estimate of drug-likeness (QED) is 0.109. The highest BCUT2D eigenvalue weighted by atomic mass is 16.1. The van der Waals surface area contributed by atoms with Crippen molar-refractivity contribution in [3.05, 3.63) is 212 Å². The predicted octanol–water partition coefficient (Wildman–Crippen LogP) is 10.5. The van der Waals surface area contributed by atoms with Crippen LogP contribution in [-0.2, 0) is 41.3 Å². The van der Waals surface area contributed by atoms with Crippen LogP contribution < -0.4 is 16.7 Å². The Morgan fingerprint density at radius 1 is 0.419 bits per heavy atom. The summed E-state index contributed by atoms with van der Waals surface area (Å²) in [5.41, 5.74) is 6.05. The van der Waals surface area contributed by atoms with Crippen molar-refractivity contribution < 1.29 is 0 Å². The number of aryl methyl sites for hydroxylation is 2. The fourth-order valence-corrected chi connectivity index (χ4v) is 7.71. The van der Waals surface area contributed by atoms with E-state index in [-0.39, 0.29) is 24.1 Å². The van der Waals surface area contributed by atoms with Crippen LogP contribution in [0, 0.1) is 20.8 Å². The van der Waals surface area contributed by atoms with Crippen molar-refractivity contribution in [3.8, 4) is 17.1 Å². The molecule has 0 N–H and O–H groups in total. The molecule has 0 fully saturated rings. The van der Waals surface area contributed by atoms with Gasteiger partial charge in [-0.05, 0) is 69.7 Å². The lowest BCUT2D eigenvalue weighted by atomic mass is 10.2. The van der Waals surface area contributed by atoms with E-state index in [0.29, 0.717) is 41.5 Å². The molecule has 0 unspecified atom stereocenters. The molecule has 6 aromatic heterocycles. The molecule has 74 heavy (non-hydrogen) atoms. The topological polar surface area (TPSA) is 208 Å². The van der Waals surface area contributed by atoms with Crippen molar-refractivity contribution >= 4 is 34.9 Å². The monoisotopic (exact) mass is 994 g/mol. The van der Waals surface area contributed by atoms with Crippen LogP contribution in [0.2, 0.25) is 0 Å². The highest BCUT2D eigenvalue weighted by molar-refractivity contribution is 5.46. The number of aromatic nitrogens is 12. The average Bonchev–Trinajstić information content (AvgIpc) is 4.27. The Morgan fingerprint density at radius 2 is 0.743 bits per heavy atom. The van der Waals surface area contributed by atoms with Gasteiger partial charge in [-0.2, -0.15) is 0 Å². The van der Waals surface area contributed by atoms with Gasteiger partial charge in [-0.3, -0.25) is 28.4 Å². The second-order valence-corrected chi connectivity index (χ2v) is 16.5. The molecule has 0 aliphatic heterocycles. The minimum Gasteiger partial charge on any atom is -0.317 e. The first-order chi connectivity index (χ1) is 35.4. The third kappa shape index (κ3) is 11.1. The SMILES string of the molecule is C.CCn1ccnc1N=Nc1c(C)n(C)n(-c2ccccc2)c1=O.Cc1c(N=Nc2nccn2C)c(=O)n(-c2ccccc2)n1C.Cc1c(N=Nc2nccn2Cc2ccccc2)c(=O)n(-c2ccccc2)n1C. The number of rotatable bonds is 12. The summed E-state index contributed by atoms with van der Waals surface area (Å²) in [5, 5.41) is 24.9. The fraction of sp³-hybridized carbons (Fsp3) is 0.208. The zero-order chi connectivity index (χ0) is 51.6. The molecule has 0 spiro atoms. The molecule has 0 atom stereocenters. The van der Waals surface area contributed by atoms with Gasteiger partial charge in [-0.25, -0.2) is 29.0 Å². The van der Waals surface area contributed by atoms with Crippen LogP contribution in [0.5, 0.6) is 0 Å². The number of hydrogen-bond acceptors (Lipinski definition) is 12. The van der Waals surface area contributed by atoms with E-state index in [0.717, 1.165) is 46.3 Å². The van der Waals surface area contributed by atoms with Crippen LogP contribution in [0.1, 0.15) is 37.0 Å². The lowest BCUT2D eigenvalue weighted by molar-refractivity contribution is 0.630. The molecule has 0 saturated heterocycles. The molecule has 0 saturated carbocycles. The van der Waals surface area contributed by atoms with E-state index in [9.17, 15) is 14.4 Å². The maximum absolute atomic E-state index is 12.9. The van der Waals surface area contributed by atoms with E-state index in [1.165, 1.54) is 0 Å². The molecule has 378 valence electrons. The number of benzene rings is 4. The maximum Gasteiger partial charge on any atom is 0.299 e. The summed E-state index contributed by atoms with van der Waals surface area (Å²) in [5.74, 6) is 1.40. The molecule has 6 heterocycles. The van der Waals surface area contributed by atoms with Crippen LogP contribution in [0.15, 0.2) is 204 Å². The van der Waals surface area contributed by atoms with Crippen molar-refractivity contribution in [2.24, 2.45) is 58.9 Å². The predicted molar refractivity (Wildman–Crippen MR) is 285 cm³/mol. The number of hydrogen-bond donors (Lipinski definition) is 0. The van der Waals surface area contributed by atoms with Gasteiger partial charge in [0.1, 0.15) is 0 Å². The minimum atomic E-state index is -0.212. The molecule has 0 aliphatic carbocycles. The molecule has 10 aromatic rings. The molecule has 0 aliphatic rings. The Labute approximate surface area is 426 Å². The van der Waals surface area contributed by atoms with Gasteiger partial charge in [-0.15, -0.1) is 30.7 Å². The van der Waals surface area contributed by atoms with Gasteiger partial charge in [0.15, 0.2) is 17.1 Å². The van der Waals surface area contributed by atoms with Crippen LogP contribution in [0.3, 0.4) is 0 Å². The molecule has 0 amide bonds. The van der Waals surface area contributed by atoms with E-state index in [4.69, 9.17) is 0 Å². The molecule has 0 radical (unpaired) electrons. The Hall–Kier alpha value is -9.66. The van der Waals surface area contributed by atoms with Gasteiger partial charge in [-0.1, -0.05) is 92.4 Å². The number of imidazole rings is 3. The van der Waals surface area contributed by atoms with Crippen LogP contribution >= 0.6 is 0 Å². The van der Waals surface area contributed by atoms with E-state index in [1.807, 2.05) is 199 Å². The van der Waals surface area contributed by atoms with Gasteiger partial charge in [0.2, 0.25) is 17.8 Å². The minimum absolute atomic E-state index is 0. The number of azo groups is 3. The summed E-state index contributed by atoms with van der Waals surface area (Å²) in [6, 6.07) is 38.4. The molecule has 0 bridgehead atoms. The smallest absolute Gasteiger partial charge is 0.299 e. The molecule has 10 rings (SSSR count). The first kappa shape index (κ1) is 52.2. The third-order valence-electron chi connectivity index (χ3n) is 12.0. The third-order valence-corrected chi connectivity index (χ3v) is 12.0. The second kappa shape index (κ2) is 23.5. The Balaban J connectivity index is 0.000000163. The average molecular weight is 995 g/mol. The van der Waals surface area contributed by atoms with Gasteiger partial charge in [0, 0.05) is 71.9 Å². The highest BCUT2D eigenvalue weighted by Gasteiger charge is 2.19. The van der Waals surface area contributed by atoms with Crippen molar-refractivity contribution in [1.29, 1.82) is 0 Å². The van der Waals surface area contributed by atoms with Crippen molar-refractivity contribution in [2.75, 3.05) is 0 Å². The fourth-order valence-electron chi connectivity index (χ4n) is 7.71. The lowest BCUT2D eigenvalue weighted by Crippen LogP contribution is -2.19.